The molecule has 3 nitrogen and oxygen atoms in total. The molecule has 19 heavy (non-hydrogen) atoms. The molecule has 2 rings (SSSR count). The highest BCUT2D eigenvalue weighted by molar-refractivity contribution is 5.87. The first-order valence-electron chi connectivity index (χ1n) is 6.75. The summed E-state index contributed by atoms with van der Waals surface area (Å²) in [5.41, 5.74) is 1.01. The fourth-order valence-electron chi connectivity index (χ4n) is 2.56. The number of rotatable bonds is 4. The number of carbonyl (C=O) groups is 1. The van der Waals surface area contributed by atoms with Gasteiger partial charge in [0.1, 0.15) is 6.61 Å². The van der Waals surface area contributed by atoms with E-state index in [4.69, 9.17) is 5.11 Å². The van der Waals surface area contributed by atoms with Gasteiger partial charge in [0, 0.05) is 6.04 Å². The third-order valence-electron chi connectivity index (χ3n) is 3.41. The van der Waals surface area contributed by atoms with Gasteiger partial charge < -0.3 is 10.4 Å². The summed E-state index contributed by atoms with van der Waals surface area (Å²) in [5.74, 6) is -0.294. The molecule has 104 valence electrons. The molecule has 1 heterocycles. The van der Waals surface area contributed by atoms with Crippen molar-refractivity contribution in [3.8, 4) is 0 Å². The molecule has 2 N–H and O–H groups in total. The summed E-state index contributed by atoms with van der Waals surface area (Å²) in [6.07, 6.45) is 3.33. The predicted molar refractivity (Wildman–Crippen MR) is 78.2 cm³/mol. The second kappa shape index (κ2) is 8.62. The van der Waals surface area contributed by atoms with Crippen LogP contribution in [0.25, 0.3) is 0 Å². The first-order chi connectivity index (χ1) is 9.33. The average molecular weight is 261 g/mol. The van der Waals surface area contributed by atoms with Gasteiger partial charge >= 0.3 is 0 Å². The lowest BCUT2D eigenvalue weighted by Gasteiger charge is -2.30. The number of hydrogen-bond acceptors (Lipinski definition) is 3. The Hall–Kier alpha value is -1.45. The molecule has 0 aliphatic carbocycles. The quantitative estimate of drug-likeness (QED) is 0.818. The number of aliphatic hydroxyl groups excluding tert-OH is 1. The molecule has 0 amide bonds. The zero-order valence-electron chi connectivity index (χ0n) is 11.3. The van der Waals surface area contributed by atoms with Crippen LogP contribution in [0.3, 0.4) is 0 Å². The highest BCUT2D eigenvalue weighted by atomic mass is 16.3. The standard InChI is InChI=1S/C14H19NO2.C2H4/c16-10-13(17)14(11-6-2-1-3-7-11)12-8-4-5-9-15-12;1-2/h1-3,6-7,12,14-16H,4-5,8-10H2;1-2H2/t12-,14-;/m1./s1. The summed E-state index contributed by atoms with van der Waals surface area (Å²) in [4.78, 5) is 11.9. The van der Waals surface area contributed by atoms with Gasteiger partial charge in [0.2, 0.25) is 0 Å². The number of benzene rings is 1. The fraction of sp³-hybridized carbons (Fsp3) is 0.438. The number of ketones is 1. The van der Waals surface area contributed by atoms with E-state index in [2.05, 4.69) is 18.5 Å². The molecule has 3 heteroatoms. The first-order valence-corrected chi connectivity index (χ1v) is 6.75. The van der Waals surface area contributed by atoms with E-state index in [1.807, 2.05) is 30.3 Å². The minimum Gasteiger partial charge on any atom is -0.389 e. The molecule has 0 saturated carbocycles. The Balaban J connectivity index is 0.000000861. The summed E-state index contributed by atoms with van der Waals surface area (Å²) < 4.78 is 0. The Morgan fingerprint density at radius 3 is 2.53 bits per heavy atom. The van der Waals surface area contributed by atoms with Crippen molar-refractivity contribution in [2.24, 2.45) is 0 Å². The molecule has 1 fully saturated rings. The van der Waals surface area contributed by atoms with Crippen molar-refractivity contribution < 1.29 is 9.90 Å². The maximum atomic E-state index is 11.9. The third kappa shape index (κ3) is 4.30. The Morgan fingerprint density at radius 1 is 1.32 bits per heavy atom. The van der Waals surface area contributed by atoms with Crippen LogP contribution in [0, 0.1) is 0 Å². The SMILES string of the molecule is C=C.O=C(CO)[C@H](c1ccccc1)[C@H]1CCCCN1. The number of carbonyl (C=O) groups excluding carboxylic acids is 1. The van der Waals surface area contributed by atoms with Gasteiger partial charge in [-0.15, -0.1) is 13.2 Å². The number of Topliss-reactive ketones (excluding diaryl/α,β-unsaturated/α-hetero) is 1. The van der Waals surface area contributed by atoms with Gasteiger partial charge in [-0.05, 0) is 24.9 Å². The molecule has 0 spiro atoms. The van der Waals surface area contributed by atoms with Crippen LogP contribution < -0.4 is 5.32 Å². The molecule has 2 atom stereocenters. The van der Waals surface area contributed by atoms with Crippen LogP contribution in [0.1, 0.15) is 30.7 Å². The van der Waals surface area contributed by atoms with Gasteiger partial charge in [0.05, 0.1) is 5.92 Å². The van der Waals surface area contributed by atoms with Gasteiger partial charge in [-0.25, -0.2) is 0 Å². The van der Waals surface area contributed by atoms with Crippen LogP contribution in [-0.4, -0.2) is 30.1 Å². The van der Waals surface area contributed by atoms with Gasteiger partial charge in [0.15, 0.2) is 5.78 Å². The molecule has 1 aromatic rings. The van der Waals surface area contributed by atoms with Gasteiger partial charge in [-0.1, -0.05) is 36.8 Å². The summed E-state index contributed by atoms with van der Waals surface area (Å²) >= 11 is 0. The maximum absolute atomic E-state index is 11.9. The van der Waals surface area contributed by atoms with Crippen molar-refractivity contribution >= 4 is 5.78 Å². The largest absolute Gasteiger partial charge is 0.389 e. The van der Waals surface area contributed by atoms with Crippen molar-refractivity contribution in [1.29, 1.82) is 0 Å². The number of aliphatic hydroxyl groups is 1. The summed E-state index contributed by atoms with van der Waals surface area (Å²) in [6, 6.07) is 9.93. The van der Waals surface area contributed by atoms with E-state index in [1.165, 1.54) is 6.42 Å². The number of nitrogens with one attached hydrogen (secondary N) is 1. The molecule has 0 aromatic heterocycles. The van der Waals surface area contributed by atoms with E-state index in [0.29, 0.717) is 0 Å². The van der Waals surface area contributed by atoms with Crippen molar-refractivity contribution in [3.05, 3.63) is 49.1 Å². The van der Waals surface area contributed by atoms with E-state index < -0.39 is 0 Å². The Morgan fingerprint density at radius 2 is 2.00 bits per heavy atom. The smallest absolute Gasteiger partial charge is 0.167 e. The second-order valence-corrected chi connectivity index (χ2v) is 4.57. The molecule has 1 saturated heterocycles. The van der Waals surface area contributed by atoms with E-state index in [1.54, 1.807) is 0 Å². The van der Waals surface area contributed by atoms with Crippen LogP contribution in [0.15, 0.2) is 43.5 Å². The lowest BCUT2D eigenvalue weighted by Crippen LogP contribution is -2.42. The topological polar surface area (TPSA) is 49.3 Å². The third-order valence-corrected chi connectivity index (χ3v) is 3.41. The Labute approximate surface area is 115 Å². The highest BCUT2D eigenvalue weighted by Gasteiger charge is 2.29. The lowest BCUT2D eigenvalue weighted by atomic mass is 9.84. The normalized spacial score (nSPS) is 19.9. The minimum absolute atomic E-state index is 0.0874. The number of piperidine rings is 1. The molecule has 1 aliphatic heterocycles. The van der Waals surface area contributed by atoms with Crippen molar-refractivity contribution in [3.63, 3.8) is 0 Å². The van der Waals surface area contributed by atoms with Crippen LogP contribution in [-0.2, 0) is 4.79 Å². The van der Waals surface area contributed by atoms with E-state index in [-0.39, 0.29) is 24.3 Å². The van der Waals surface area contributed by atoms with E-state index >= 15 is 0 Å². The zero-order chi connectivity index (χ0) is 14.1. The van der Waals surface area contributed by atoms with Crippen LogP contribution >= 0.6 is 0 Å². The summed E-state index contributed by atoms with van der Waals surface area (Å²) in [6.45, 7) is 6.59. The monoisotopic (exact) mass is 261 g/mol. The molecule has 0 unspecified atom stereocenters. The van der Waals surface area contributed by atoms with E-state index in [9.17, 15) is 4.79 Å². The summed E-state index contributed by atoms with van der Waals surface area (Å²) in [5, 5.41) is 12.5. The van der Waals surface area contributed by atoms with Gasteiger partial charge in [-0.3, -0.25) is 4.79 Å². The lowest BCUT2D eigenvalue weighted by molar-refractivity contribution is -0.124. The van der Waals surface area contributed by atoms with Gasteiger partial charge in [-0.2, -0.15) is 0 Å². The molecule has 1 aromatic carbocycles. The predicted octanol–water partition coefficient (Wildman–Crippen LogP) is 2.28. The van der Waals surface area contributed by atoms with Crippen LogP contribution in [0.2, 0.25) is 0 Å². The van der Waals surface area contributed by atoms with E-state index in [0.717, 1.165) is 24.9 Å². The molecule has 1 aliphatic rings. The van der Waals surface area contributed by atoms with Crippen LogP contribution in [0.4, 0.5) is 0 Å². The maximum Gasteiger partial charge on any atom is 0.167 e. The molecule has 0 bridgehead atoms. The molecule has 0 radical (unpaired) electrons. The highest BCUT2D eigenvalue weighted by Crippen LogP contribution is 2.26. The van der Waals surface area contributed by atoms with Crippen molar-refractivity contribution in [1.82, 2.24) is 5.32 Å². The number of hydrogen-bond donors (Lipinski definition) is 2. The average Bonchev–Trinajstić information content (AvgIpc) is 2.51. The van der Waals surface area contributed by atoms with Crippen molar-refractivity contribution in [2.45, 2.75) is 31.2 Å². The van der Waals surface area contributed by atoms with Crippen molar-refractivity contribution in [2.75, 3.05) is 13.2 Å². The molecular formula is C16H23NO2. The summed E-state index contributed by atoms with van der Waals surface area (Å²) in [7, 11) is 0. The fourth-order valence-corrected chi connectivity index (χ4v) is 2.56. The molecular weight excluding hydrogens is 238 g/mol. The van der Waals surface area contributed by atoms with Gasteiger partial charge in [0.25, 0.3) is 0 Å². The second-order valence-electron chi connectivity index (χ2n) is 4.57. The Bertz CT molecular complexity index is 372. The van der Waals surface area contributed by atoms with Crippen LogP contribution in [0.5, 0.6) is 0 Å². The zero-order valence-corrected chi connectivity index (χ0v) is 11.3. The minimum atomic E-state index is -0.377. The first kappa shape index (κ1) is 15.6. The Kier molecular flexibility index (Phi) is 7.08.